The van der Waals surface area contributed by atoms with E-state index < -0.39 is 17.9 Å². The SMILES string of the molecule is NC(=O)[C@@H](N)COC[C@@H]1CC(F)(F)CN1. The van der Waals surface area contributed by atoms with Crippen LogP contribution < -0.4 is 16.8 Å². The molecule has 1 fully saturated rings. The van der Waals surface area contributed by atoms with Crippen LogP contribution in [0, 0.1) is 0 Å². The van der Waals surface area contributed by atoms with E-state index in [1.807, 2.05) is 0 Å². The monoisotopic (exact) mass is 223 g/mol. The Labute approximate surface area is 86.1 Å². The van der Waals surface area contributed by atoms with E-state index in [1.165, 1.54) is 0 Å². The van der Waals surface area contributed by atoms with Crippen molar-refractivity contribution in [3.8, 4) is 0 Å². The van der Waals surface area contributed by atoms with Gasteiger partial charge in [-0.15, -0.1) is 0 Å². The van der Waals surface area contributed by atoms with Crippen molar-refractivity contribution in [2.75, 3.05) is 19.8 Å². The predicted molar refractivity (Wildman–Crippen MR) is 49.3 cm³/mol. The molecule has 1 aliphatic heterocycles. The van der Waals surface area contributed by atoms with Gasteiger partial charge in [-0.3, -0.25) is 4.79 Å². The standard InChI is InChI=1S/C8H15F2N3O2/c9-8(10)1-5(13-4-8)2-15-3-6(11)7(12)14/h5-6,13H,1-4,11H2,(H2,12,14)/t5-,6-/m0/s1. The van der Waals surface area contributed by atoms with E-state index in [9.17, 15) is 13.6 Å². The van der Waals surface area contributed by atoms with E-state index >= 15 is 0 Å². The quantitative estimate of drug-likeness (QED) is 0.547. The van der Waals surface area contributed by atoms with Crippen LogP contribution in [-0.2, 0) is 9.53 Å². The molecule has 7 heteroatoms. The summed E-state index contributed by atoms with van der Waals surface area (Å²) in [5.74, 6) is -3.33. The summed E-state index contributed by atoms with van der Waals surface area (Å²) in [5.41, 5.74) is 10.2. The van der Waals surface area contributed by atoms with Crippen molar-refractivity contribution >= 4 is 5.91 Å². The lowest BCUT2D eigenvalue weighted by Gasteiger charge is -2.12. The summed E-state index contributed by atoms with van der Waals surface area (Å²) in [6, 6.07) is -1.27. The molecule has 0 radical (unpaired) electrons. The molecule has 0 unspecified atom stereocenters. The van der Waals surface area contributed by atoms with Crippen molar-refractivity contribution in [3.05, 3.63) is 0 Å². The van der Waals surface area contributed by atoms with Crippen LogP contribution >= 0.6 is 0 Å². The number of hydrogen-bond donors (Lipinski definition) is 3. The number of nitrogens with one attached hydrogen (secondary N) is 1. The first-order valence-electron chi connectivity index (χ1n) is 4.64. The van der Waals surface area contributed by atoms with Crippen LogP contribution in [-0.4, -0.2) is 43.7 Å². The van der Waals surface area contributed by atoms with Gasteiger partial charge in [0.15, 0.2) is 0 Å². The molecule has 5 nitrogen and oxygen atoms in total. The molecule has 0 aromatic rings. The Bertz CT molecular complexity index is 238. The first-order valence-corrected chi connectivity index (χ1v) is 4.64. The maximum Gasteiger partial charge on any atom is 0.261 e. The zero-order chi connectivity index (χ0) is 11.5. The maximum atomic E-state index is 12.7. The molecule has 0 saturated carbocycles. The van der Waals surface area contributed by atoms with Gasteiger partial charge in [0.25, 0.3) is 5.92 Å². The first kappa shape index (κ1) is 12.3. The molecule has 2 atom stereocenters. The van der Waals surface area contributed by atoms with Gasteiger partial charge in [0.1, 0.15) is 6.04 Å². The smallest absolute Gasteiger partial charge is 0.261 e. The molecule has 1 rings (SSSR count). The van der Waals surface area contributed by atoms with E-state index in [-0.39, 0.29) is 32.2 Å². The molecule has 0 spiro atoms. The summed E-state index contributed by atoms with van der Waals surface area (Å²) in [7, 11) is 0. The van der Waals surface area contributed by atoms with Crippen LogP contribution in [0.5, 0.6) is 0 Å². The van der Waals surface area contributed by atoms with Crippen LogP contribution in [0.15, 0.2) is 0 Å². The van der Waals surface area contributed by atoms with E-state index in [0.717, 1.165) is 0 Å². The van der Waals surface area contributed by atoms with Gasteiger partial charge in [-0.25, -0.2) is 8.78 Å². The highest BCUT2D eigenvalue weighted by molar-refractivity contribution is 5.79. The fraction of sp³-hybridized carbons (Fsp3) is 0.875. The molecule has 1 saturated heterocycles. The van der Waals surface area contributed by atoms with Crippen molar-refractivity contribution in [2.45, 2.75) is 24.4 Å². The number of halogens is 2. The van der Waals surface area contributed by atoms with E-state index in [2.05, 4.69) is 5.32 Å². The Morgan fingerprint density at radius 1 is 1.67 bits per heavy atom. The van der Waals surface area contributed by atoms with E-state index in [4.69, 9.17) is 16.2 Å². The fourth-order valence-corrected chi connectivity index (χ4v) is 1.34. The van der Waals surface area contributed by atoms with Gasteiger partial charge in [0.2, 0.25) is 5.91 Å². The number of hydrogen-bond acceptors (Lipinski definition) is 4. The molecule has 0 bridgehead atoms. The van der Waals surface area contributed by atoms with Gasteiger partial charge < -0.3 is 21.5 Å². The zero-order valence-electron chi connectivity index (χ0n) is 8.21. The summed E-state index contributed by atoms with van der Waals surface area (Å²) in [5, 5.41) is 2.62. The number of carbonyl (C=O) groups is 1. The normalized spacial score (nSPS) is 26.5. The van der Waals surface area contributed by atoms with Gasteiger partial charge >= 0.3 is 0 Å². The molecule has 1 heterocycles. The minimum atomic E-state index is -2.67. The number of rotatable bonds is 5. The Kier molecular flexibility index (Phi) is 3.95. The molecule has 15 heavy (non-hydrogen) atoms. The lowest BCUT2D eigenvalue weighted by atomic mass is 10.2. The predicted octanol–water partition coefficient (Wildman–Crippen LogP) is -1.19. The van der Waals surface area contributed by atoms with Gasteiger partial charge in [0.05, 0.1) is 19.8 Å². The Morgan fingerprint density at radius 2 is 2.33 bits per heavy atom. The van der Waals surface area contributed by atoms with Crippen LogP contribution in [0.2, 0.25) is 0 Å². The minimum Gasteiger partial charge on any atom is -0.378 e. The average molecular weight is 223 g/mol. The molecule has 5 N–H and O–H groups in total. The Balaban J connectivity index is 2.14. The third kappa shape index (κ3) is 4.06. The molecule has 0 aromatic carbocycles. The molecule has 0 aliphatic carbocycles. The minimum absolute atomic E-state index is 0.0426. The van der Waals surface area contributed by atoms with Crippen LogP contribution in [0.25, 0.3) is 0 Å². The Morgan fingerprint density at radius 3 is 2.80 bits per heavy atom. The lowest BCUT2D eigenvalue weighted by Crippen LogP contribution is -2.41. The molecule has 1 amide bonds. The molecular formula is C8H15F2N3O2. The van der Waals surface area contributed by atoms with Crippen molar-refractivity contribution in [1.29, 1.82) is 0 Å². The molecular weight excluding hydrogens is 208 g/mol. The van der Waals surface area contributed by atoms with Crippen molar-refractivity contribution in [3.63, 3.8) is 0 Å². The highest BCUT2D eigenvalue weighted by Crippen LogP contribution is 2.24. The number of amides is 1. The fourth-order valence-electron chi connectivity index (χ4n) is 1.34. The highest BCUT2D eigenvalue weighted by Gasteiger charge is 2.39. The van der Waals surface area contributed by atoms with Crippen LogP contribution in [0.4, 0.5) is 8.78 Å². The van der Waals surface area contributed by atoms with Gasteiger partial charge in [0, 0.05) is 12.5 Å². The molecule has 88 valence electrons. The van der Waals surface area contributed by atoms with Crippen LogP contribution in [0.3, 0.4) is 0 Å². The number of nitrogens with two attached hydrogens (primary N) is 2. The number of carbonyl (C=O) groups excluding carboxylic acids is 1. The summed E-state index contributed by atoms with van der Waals surface area (Å²) in [4.78, 5) is 10.5. The third-order valence-corrected chi connectivity index (χ3v) is 2.18. The summed E-state index contributed by atoms with van der Waals surface area (Å²) < 4.78 is 30.4. The number of alkyl halides is 2. The highest BCUT2D eigenvalue weighted by atomic mass is 19.3. The first-order chi connectivity index (χ1) is 6.91. The Hall–Kier alpha value is -0.790. The average Bonchev–Trinajstić information content (AvgIpc) is 2.45. The van der Waals surface area contributed by atoms with Gasteiger partial charge in [-0.1, -0.05) is 0 Å². The second kappa shape index (κ2) is 4.82. The van der Waals surface area contributed by atoms with E-state index in [1.54, 1.807) is 0 Å². The van der Waals surface area contributed by atoms with Gasteiger partial charge in [-0.05, 0) is 0 Å². The molecule has 1 aliphatic rings. The summed E-state index contributed by atoms with van der Waals surface area (Å²) in [6.45, 7) is -0.265. The number of primary amides is 1. The second-order valence-electron chi connectivity index (χ2n) is 3.68. The summed E-state index contributed by atoms with van der Waals surface area (Å²) >= 11 is 0. The topological polar surface area (TPSA) is 90.4 Å². The largest absolute Gasteiger partial charge is 0.378 e. The van der Waals surface area contributed by atoms with Gasteiger partial charge in [-0.2, -0.15) is 0 Å². The van der Waals surface area contributed by atoms with Crippen molar-refractivity contribution < 1.29 is 18.3 Å². The summed E-state index contributed by atoms with van der Waals surface area (Å²) in [6.07, 6.45) is -0.251. The van der Waals surface area contributed by atoms with Crippen molar-refractivity contribution in [2.24, 2.45) is 11.5 Å². The zero-order valence-corrected chi connectivity index (χ0v) is 8.21. The number of ether oxygens (including phenoxy) is 1. The van der Waals surface area contributed by atoms with E-state index in [0.29, 0.717) is 0 Å². The lowest BCUT2D eigenvalue weighted by molar-refractivity contribution is -0.120. The third-order valence-electron chi connectivity index (χ3n) is 2.18. The van der Waals surface area contributed by atoms with Crippen LogP contribution in [0.1, 0.15) is 6.42 Å². The molecule has 0 aromatic heterocycles. The maximum absolute atomic E-state index is 12.7. The second-order valence-corrected chi connectivity index (χ2v) is 3.68. The van der Waals surface area contributed by atoms with Crippen molar-refractivity contribution in [1.82, 2.24) is 5.32 Å².